The van der Waals surface area contributed by atoms with Crippen LogP contribution >= 0.6 is 0 Å². The SMILES string of the molecule is C.CCCC(=O)OC.CCOC. The van der Waals surface area contributed by atoms with Crippen LogP contribution in [0.3, 0.4) is 0 Å². The molecule has 0 spiro atoms. The van der Waals surface area contributed by atoms with Crippen LogP contribution in [0.5, 0.6) is 0 Å². The zero-order valence-electron chi connectivity index (χ0n) is 7.85. The Hall–Kier alpha value is -0.570. The topological polar surface area (TPSA) is 35.5 Å². The fourth-order valence-corrected chi connectivity index (χ4v) is 0.306. The molecule has 76 valence electrons. The van der Waals surface area contributed by atoms with Gasteiger partial charge in [0.2, 0.25) is 0 Å². The van der Waals surface area contributed by atoms with Crippen LogP contribution in [0, 0.1) is 0 Å². The van der Waals surface area contributed by atoms with Crippen molar-refractivity contribution in [2.45, 2.75) is 34.1 Å². The second-order valence-electron chi connectivity index (χ2n) is 1.90. The molecule has 0 bridgehead atoms. The van der Waals surface area contributed by atoms with E-state index in [2.05, 4.69) is 9.47 Å². The van der Waals surface area contributed by atoms with Gasteiger partial charge in [-0.2, -0.15) is 0 Å². The van der Waals surface area contributed by atoms with Crippen molar-refractivity contribution in [1.29, 1.82) is 0 Å². The molecule has 0 heterocycles. The minimum Gasteiger partial charge on any atom is -0.469 e. The second kappa shape index (κ2) is 16.8. The van der Waals surface area contributed by atoms with Crippen molar-refractivity contribution in [3.63, 3.8) is 0 Å². The first kappa shape index (κ1) is 17.5. The molecule has 0 aliphatic carbocycles. The summed E-state index contributed by atoms with van der Waals surface area (Å²) in [5.74, 6) is -0.123. The predicted molar refractivity (Wildman–Crippen MR) is 51.2 cm³/mol. The second-order valence-corrected chi connectivity index (χ2v) is 1.90. The van der Waals surface area contributed by atoms with Crippen LogP contribution in [0.25, 0.3) is 0 Å². The molecule has 0 rings (SSSR count). The molecule has 0 aliphatic heterocycles. The van der Waals surface area contributed by atoms with Crippen LogP contribution < -0.4 is 0 Å². The molecule has 12 heavy (non-hydrogen) atoms. The summed E-state index contributed by atoms with van der Waals surface area (Å²) < 4.78 is 8.89. The predicted octanol–water partition coefficient (Wildman–Crippen LogP) is 2.25. The maximum Gasteiger partial charge on any atom is 0.305 e. The molecular formula is C9H22O3. The van der Waals surface area contributed by atoms with E-state index in [9.17, 15) is 4.79 Å². The molecule has 0 aromatic carbocycles. The first-order valence-corrected chi connectivity index (χ1v) is 3.78. The van der Waals surface area contributed by atoms with Gasteiger partial charge in [-0.1, -0.05) is 14.4 Å². The van der Waals surface area contributed by atoms with Crippen LogP contribution in [0.15, 0.2) is 0 Å². The first-order valence-electron chi connectivity index (χ1n) is 3.78. The Kier molecular flexibility index (Phi) is 24.5. The van der Waals surface area contributed by atoms with Crippen LogP contribution in [0.1, 0.15) is 34.1 Å². The fourth-order valence-electron chi connectivity index (χ4n) is 0.306. The average Bonchev–Trinajstić information content (AvgIpc) is 2.05. The van der Waals surface area contributed by atoms with Crippen molar-refractivity contribution in [3.8, 4) is 0 Å². The molecular weight excluding hydrogens is 156 g/mol. The smallest absolute Gasteiger partial charge is 0.305 e. The van der Waals surface area contributed by atoms with Gasteiger partial charge in [0, 0.05) is 20.1 Å². The van der Waals surface area contributed by atoms with E-state index in [1.165, 1.54) is 7.11 Å². The Labute approximate surface area is 76.1 Å². The molecule has 0 radical (unpaired) electrons. The van der Waals surface area contributed by atoms with E-state index in [0.717, 1.165) is 13.0 Å². The van der Waals surface area contributed by atoms with Crippen molar-refractivity contribution in [3.05, 3.63) is 0 Å². The quantitative estimate of drug-likeness (QED) is 0.622. The van der Waals surface area contributed by atoms with E-state index in [4.69, 9.17) is 0 Å². The molecule has 0 amide bonds. The molecule has 0 saturated carbocycles. The van der Waals surface area contributed by atoms with Crippen LogP contribution in [0.4, 0.5) is 0 Å². The summed E-state index contributed by atoms with van der Waals surface area (Å²) in [5.41, 5.74) is 0. The molecule has 3 nitrogen and oxygen atoms in total. The lowest BCUT2D eigenvalue weighted by Crippen LogP contribution is -1.97. The number of carbonyl (C=O) groups excluding carboxylic acids is 1. The summed E-state index contributed by atoms with van der Waals surface area (Å²) in [4.78, 5) is 10.2. The number of rotatable bonds is 3. The van der Waals surface area contributed by atoms with Gasteiger partial charge < -0.3 is 9.47 Å². The van der Waals surface area contributed by atoms with Gasteiger partial charge in [-0.25, -0.2) is 0 Å². The number of methoxy groups -OCH3 is 2. The number of ether oxygens (including phenoxy) is 2. The Morgan fingerprint density at radius 3 is 1.75 bits per heavy atom. The molecule has 0 atom stereocenters. The van der Waals surface area contributed by atoms with Crippen molar-refractivity contribution < 1.29 is 14.3 Å². The third kappa shape index (κ3) is 22.7. The molecule has 0 aromatic rings. The molecule has 0 fully saturated rings. The highest BCUT2D eigenvalue weighted by Gasteiger charge is 1.92. The molecule has 0 aromatic heterocycles. The van der Waals surface area contributed by atoms with E-state index in [1.807, 2.05) is 13.8 Å². The fraction of sp³-hybridized carbons (Fsp3) is 0.889. The summed E-state index contributed by atoms with van der Waals surface area (Å²) in [7, 11) is 3.08. The third-order valence-electron chi connectivity index (χ3n) is 0.970. The molecule has 0 unspecified atom stereocenters. The molecule has 0 saturated heterocycles. The van der Waals surface area contributed by atoms with Gasteiger partial charge in [-0.15, -0.1) is 0 Å². The molecule has 0 N–H and O–H groups in total. The third-order valence-corrected chi connectivity index (χ3v) is 0.970. The van der Waals surface area contributed by atoms with Crippen LogP contribution in [-0.4, -0.2) is 26.8 Å². The van der Waals surface area contributed by atoms with E-state index in [-0.39, 0.29) is 13.4 Å². The minimum atomic E-state index is -0.123. The van der Waals surface area contributed by atoms with Gasteiger partial charge >= 0.3 is 5.97 Å². The summed E-state index contributed by atoms with van der Waals surface area (Å²) >= 11 is 0. The minimum absolute atomic E-state index is 0. The lowest BCUT2D eigenvalue weighted by atomic mass is 10.3. The van der Waals surface area contributed by atoms with Gasteiger partial charge in [-0.05, 0) is 13.3 Å². The average molecular weight is 178 g/mol. The van der Waals surface area contributed by atoms with Gasteiger partial charge in [0.1, 0.15) is 0 Å². The van der Waals surface area contributed by atoms with Gasteiger partial charge in [-0.3, -0.25) is 4.79 Å². The summed E-state index contributed by atoms with van der Waals surface area (Å²) in [6, 6.07) is 0. The van der Waals surface area contributed by atoms with E-state index in [1.54, 1.807) is 7.11 Å². The Bertz CT molecular complexity index is 79.8. The van der Waals surface area contributed by atoms with Crippen LogP contribution in [0.2, 0.25) is 0 Å². The normalized spacial score (nSPS) is 7.33. The van der Waals surface area contributed by atoms with Gasteiger partial charge in [0.15, 0.2) is 0 Å². The largest absolute Gasteiger partial charge is 0.469 e. The highest BCUT2D eigenvalue weighted by Crippen LogP contribution is 1.86. The summed E-state index contributed by atoms with van der Waals surface area (Å²) in [6.07, 6.45) is 1.41. The highest BCUT2D eigenvalue weighted by molar-refractivity contribution is 5.68. The van der Waals surface area contributed by atoms with E-state index >= 15 is 0 Å². The van der Waals surface area contributed by atoms with Crippen molar-refractivity contribution in [2.75, 3.05) is 20.8 Å². The zero-order chi connectivity index (χ0) is 9.11. The lowest BCUT2D eigenvalue weighted by molar-refractivity contribution is -0.140. The van der Waals surface area contributed by atoms with E-state index < -0.39 is 0 Å². The number of hydrogen-bond donors (Lipinski definition) is 0. The van der Waals surface area contributed by atoms with Crippen molar-refractivity contribution in [1.82, 2.24) is 0 Å². The molecule has 0 aliphatic rings. The van der Waals surface area contributed by atoms with Gasteiger partial charge in [0.05, 0.1) is 7.11 Å². The monoisotopic (exact) mass is 178 g/mol. The molecule has 3 heteroatoms. The number of esters is 1. The standard InChI is InChI=1S/C5H10O2.C3H8O.CH4/c1-3-4-5(6)7-2;1-3-4-2;/h3-4H2,1-2H3;3H2,1-2H3;1H4. The van der Waals surface area contributed by atoms with Crippen molar-refractivity contribution >= 4 is 5.97 Å². The Morgan fingerprint density at radius 1 is 1.25 bits per heavy atom. The van der Waals surface area contributed by atoms with E-state index in [0.29, 0.717) is 6.42 Å². The Morgan fingerprint density at radius 2 is 1.67 bits per heavy atom. The summed E-state index contributed by atoms with van der Waals surface area (Å²) in [5, 5.41) is 0. The maximum atomic E-state index is 10.2. The first-order chi connectivity index (χ1) is 5.22. The maximum absolute atomic E-state index is 10.2. The Balaban J connectivity index is -0.000000142. The van der Waals surface area contributed by atoms with Crippen LogP contribution in [-0.2, 0) is 14.3 Å². The highest BCUT2D eigenvalue weighted by atomic mass is 16.5. The summed E-state index contributed by atoms with van der Waals surface area (Å²) in [6.45, 7) is 4.72. The lowest BCUT2D eigenvalue weighted by Gasteiger charge is -1.91. The van der Waals surface area contributed by atoms with Gasteiger partial charge in [0.25, 0.3) is 0 Å². The van der Waals surface area contributed by atoms with Crippen molar-refractivity contribution in [2.24, 2.45) is 0 Å². The zero-order valence-corrected chi connectivity index (χ0v) is 7.85. The number of hydrogen-bond acceptors (Lipinski definition) is 3. The number of carbonyl (C=O) groups is 1.